The molecule has 0 aromatic heterocycles. The maximum absolute atomic E-state index is 13.0. The number of aliphatic hydroxyl groups is 1. The number of rotatable bonds is 7. The monoisotopic (exact) mass is 465 g/mol. The quantitative estimate of drug-likeness (QED) is 0.287. The molecule has 0 spiro atoms. The van der Waals surface area contributed by atoms with Gasteiger partial charge in [-0.25, -0.2) is 0 Å². The highest BCUT2D eigenvalue weighted by Gasteiger charge is 2.47. The zero-order valence-electron chi connectivity index (χ0n) is 17.1. The first-order chi connectivity index (χ1) is 14.8. The van der Waals surface area contributed by atoms with E-state index >= 15 is 0 Å². The highest BCUT2D eigenvalue weighted by atomic mass is 35.5. The van der Waals surface area contributed by atoms with Crippen molar-refractivity contribution in [1.82, 2.24) is 4.90 Å². The van der Waals surface area contributed by atoms with Gasteiger partial charge in [-0.05, 0) is 42.0 Å². The van der Waals surface area contributed by atoms with E-state index in [9.17, 15) is 14.7 Å². The smallest absolute Gasteiger partial charge is 0.295 e. The van der Waals surface area contributed by atoms with Crippen molar-refractivity contribution in [2.24, 2.45) is 0 Å². The molecule has 0 saturated carbocycles. The molecule has 31 heavy (non-hydrogen) atoms. The number of hydrogen-bond acceptors (Lipinski definition) is 6. The van der Waals surface area contributed by atoms with Crippen molar-refractivity contribution in [2.45, 2.75) is 12.3 Å². The third-order valence-corrected chi connectivity index (χ3v) is 5.59. The highest BCUT2D eigenvalue weighted by molar-refractivity contribution is 6.47. The van der Waals surface area contributed by atoms with Crippen LogP contribution >= 0.6 is 23.2 Å². The lowest BCUT2D eigenvalue weighted by molar-refractivity contribution is -0.149. The number of aliphatic hydroxyl groups excluding tert-OH is 1. The Morgan fingerprint density at radius 1 is 1.06 bits per heavy atom. The minimum atomic E-state index is -0.959. The van der Waals surface area contributed by atoms with Gasteiger partial charge >= 0.3 is 0 Å². The minimum absolute atomic E-state index is 0.0550. The van der Waals surface area contributed by atoms with Gasteiger partial charge in [-0.1, -0.05) is 29.3 Å². The molecule has 2 aromatic rings. The van der Waals surface area contributed by atoms with Crippen LogP contribution in [0.3, 0.4) is 0 Å². The van der Waals surface area contributed by atoms with E-state index in [1.807, 2.05) is 0 Å². The van der Waals surface area contributed by atoms with Gasteiger partial charge in [0.2, 0.25) is 0 Å². The Kier molecular flexibility index (Phi) is 7.23. The molecule has 1 aliphatic heterocycles. The Bertz CT molecular complexity index is 1020. The summed E-state index contributed by atoms with van der Waals surface area (Å²) < 4.78 is 15.6. The van der Waals surface area contributed by atoms with E-state index in [2.05, 4.69) is 0 Å². The van der Waals surface area contributed by atoms with Gasteiger partial charge in [0, 0.05) is 29.8 Å². The molecule has 7 nitrogen and oxygen atoms in total. The van der Waals surface area contributed by atoms with Crippen LogP contribution < -0.4 is 4.74 Å². The number of ketones is 1. The maximum Gasteiger partial charge on any atom is 0.295 e. The van der Waals surface area contributed by atoms with Crippen molar-refractivity contribution in [3.05, 3.63) is 69.2 Å². The number of benzene rings is 2. The Labute approximate surface area is 189 Å². The summed E-state index contributed by atoms with van der Waals surface area (Å²) in [6, 6.07) is 10.2. The Balaban J connectivity index is 2.18. The lowest BCUT2D eigenvalue weighted by atomic mass is 9.95. The summed E-state index contributed by atoms with van der Waals surface area (Å²) in [7, 11) is 4.36. The van der Waals surface area contributed by atoms with Crippen LogP contribution in [0.5, 0.6) is 5.75 Å². The first-order valence-corrected chi connectivity index (χ1v) is 10.0. The molecule has 3 rings (SSSR count). The van der Waals surface area contributed by atoms with Crippen molar-refractivity contribution in [2.75, 3.05) is 27.9 Å². The number of likely N-dealkylation sites (tertiary alicyclic amines) is 1. The topological polar surface area (TPSA) is 85.3 Å². The molecule has 1 saturated heterocycles. The van der Waals surface area contributed by atoms with Crippen molar-refractivity contribution >= 4 is 40.7 Å². The van der Waals surface area contributed by atoms with Gasteiger partial charge in [0.1, 0.15) is 11.5 Å². The Morgan fingerprint density at radius 3 is 2.26 bits per heavy atom. The van der Waals surface area contributed by atoms with Crippen LogP contribution in [0.25, 0.3) is 5.76 Å². The molecule has 0 unspecified atom stereocenters. The molecular formula is C22H21Cl2NO6. The molecule has 1 atom stereocenters. The normalized spacial score (nSPS) is 18.1. The molecule has 0 aliphatic carbocycles. The van der Waals surface area contributed by atoms with Gasteiger partial charge in [0.05, 0.1) is 25.3 Å². The van der Waals surface area contributed by atoms with E-state index in [1.54, 1.807) is 36.4 Å². The lowest BCUT2D eigenvalue weighted by Crippen LogP contribution is -2.38. The maximum atomic E-state index is 13.0. The summed E-state index contributed by atoms with van der Waals surface area (Å²) in [5.41, 5.74) is 0.695. The molecule has 1 fully saturated rings. The largest absolute Gasteiger partial charge is 0.507 e. The third kappa shape index (κ3) is 4.55. The summed E-state index contributed by atoms with van der Waals surface area (Å²) in [4.78, 5) is 27.2. The number of halogens is 2. The van der Waals surface area contributed by atoms with E-state index in [0.29, 0.717) is 21.9 Å². The molecule has 164 valence electrons. The number of amides is 1. The average molecular weight is 466 g/mol. The average Bonchev–Trinajstić information content (AvgIpc) is 3.01. The zero-order chi connectivity index (χ0) is 22.7. The molecule has 1 heterocycles. The van der Waals surface area contributed by atoms with Gasteiger partial charge in [-0.3, -0.25) is 9.59 Å². The number of Topliss-reactive ketones (excluding diaryl/α,β-unsaturated/α-hetero) is 1. The molecule has 9 heteroatoms. The van der Waals surface area contributed by atoms with Crippen molar-refractivity contribution in [3.8, 4) is 5.75 Å². The summed E-state index contributed by atoms with van der Waals surface area (Å²) in [5.74, 6) is -1.39. The van der Waals surface area contributed by atoms with Gasteiger partial charge in [0.15, 0.2) is 6.29 Å². The predicted molar refractivity (Wildman–Crippen MR) is 116 cm³/mol. The van der Waals surface area contributed by atoms with E-state index in [-0.39, 0.29) is 22.9 Å². The molecule has 0 radical (unpaired) electrons. The molecule has 1 N–H and O–H groups in total. The van der Waals surface area contributed by atoms with Crippen LogP contribution in [0.1, 0.15) is 17.2 Å². The van der Waals surface area contributed by atoms with E-state index in [1.165, 1.54) is 32.3 Å². The highest BCUT2D eigenvalue weighted by Crippen LogP contribution is 2.42. The van der Waals surface area contributed by atoms with Crippen LogP contribution in [-0.4, -0.2) is 55.9 Å². The summed E-state index contributed by atoms with van der Waals surface area (Å²) in [6.07, 6.45) is -0.784. The van der Waals surface area contributed by atoms with Gasteiger partial charge in [-0.15, -0.1) is 0 Å². The fourth-order valence-corrected chi connectivity index (χ4v) is 3.94. The summed E-state index contributed by atoms with van der Waals surface area (Å²) >= 11 is 12.4. The number of carbonyl (C=O) groups excluding carboxylic acids is 2. The molecule has 0 bridgehead atoms. The van der Waals surface area contributed by atoms with Crippen molar-refractivity contribution in [3.63, 3.8) is 0 Å². The Morgan fingerprint density at radius 2 is 1.71 bits per heavy atom. The number of ether oxygens (including phenoxy) is 3. The number of nitrogens with zero attached hydrogens (tertiary/aromatic N) is 1. The predicted octanol–water partition coefficient (Wildman–Crippen LogP) is 4.04. The van der Waals surface area contributed by atoms with Crippen LogP contribution in [0.4, 0.5) is 0 Å². The molecule has 1 aliphatic rings. The summed E-state index contributed by atoms with van der Waals surface area (Å²) in [5, 5.41) is 11.7. The van der Waals surface area contributed by atoms with Gasteiger partial charge < -0.3 is 24.2 Å². The molecule has 2 aromatic carbocycles. The zero-order valence-corrected chi connectivity index (χ0v) is 18.6. The van der Waals surface area contributed by atoms with Gasteiger partial charge in [0.25, 0.3) is 11.7 Å². The number of methoxy groups -OCH3 is 3. The first-order valence-electron chi connectivity index (χ1n) is 9.25. The lowest BCUT2D eigenvalue weighted by Gasteiger charge is -2.28. The van der Waals surface area contributed by atoms with Crippen molar-refractivity contribution < 1.29 is 28.9 Å². The van der Waals surface area contributed by atoms with Crippen molar-refractivity contribution in [1.29, 1.82) is 0 Å². The second-order valence-electron chi connectivity index (χ2n) is 6.75. The second-order valence-corrected chi connectivity index (χ2v) is 7.59. The second kappa shape index (κ2) is 9.70. The van der Waals surface area contributed by atoms with Crippen LogP contribution in [-0.2, 0) is 19.1 Å². The minimum Gasteiger partial charge on any atom is -0.507 e. The van der Waals surface area contributed by atoms with Gasteiger partial charge in [-0.2, -0.15) is 0 Å². The molecule has 1 amide bonds. The first kappa shape index (κ1) is 23.1. The number of hydrogen-bond donors (Lipinski definition) is 1. The van der Waals surface area contributed by atoms with Crippen LogP contribution in [0.15, 0.2) is 48.0 Å². The van der Waals surface area contributed by atoms with E-state index < -0.39 is 24.0 Å². The van der Waals surface area contributed by atoms with E-state index in [4.69, 9.17) is 37.4 Å². The molecular weight excluding hydrogens is 445 g/mol. The Hall–Kier alpha value is -2.58. The van der Waals surface area contributed by atoms with Crippen LogP contribution in [0, 0.1) is 0 Å². The number of carbonyl (C=O) groups is 2. The fraction of sp³-hybridized carbons (Fsp3) is 0.273. The standard InChI is InChI=1S/C22H21Cl2NO6/c1-29-14-7-4-12(5-8-14)20(26)18-19(15-9-6-13(23)10-16(15)24)25(22(28)21(18)27)11-17(30-2)31-3/h4-10,17,19,26H,11H2,1-3H3/t19-/m1/s1. The van der Waals surface area contributed by atoms with E-state index in [0.717, 1.165) is 0 Å². The third-order valence-electron chi connectivity index (χ3n) is 5.03. The SMILES string of the molecule is COc1ccc(C(O)=C2C(=O)C(=O)N(CC(OC)OC)[C@@H]2c2ccc(Cl)cc2Cl)cc1. The summed E-state index contributed by atoms with van der Waals surface area (Å²) in [6.45, 7) is -0.0550. The van der Waals surface area contributed by atoms with Crippen LogP contribution in [0.2, 0.25) is 10.0 Å². The fourth-order valence-electron chi connectivity index (χ4n) is 3.43.